The van der Waals surface area contributed by atoms with E-state index in [2.05, 4.69) is 5.32 Å². The standard InChI is InChI=1S/C14H16FNO/c15-11-3-5-12(6-4-11)16-14(17)13-8-9-1-2-10(13)7-9/h3-6,9-10,13H,1-2,7-8H2,(H,16,17)/t9-,10-,13-/m1/s1. The normalized spacial score (nSPS) is 30.5. The van der Waals surface area contributed by atoms with Gasteiger partial charge in [-0.25, -0.2) is 4.39 Å². The molecule has 0 radical (unpaired) electrons. The van der Waals surface area contributed by atoms with Crippen molar-refractivity contribution in [3.05, 3.63) is 30.1 Å². The van der Waals surface area contributed by atoms with E-state index in [0.29, 0.717) is 11.6 Å². The number of halogens is 1. The minimum Gasteiger partial charge on any atom is -0.326 e. The Morgan fingerprint density at radius 3 is 2.53 bits per heavy atom. The highest BCUT2D eigenvalue weighted by Gasteiger charge is 2.42. The van der Waals surface area contributed by atoms with E-state index in [1.807, 2.05) is 0 Å². The summed E-state index contributed by atoms with van der Waals surface area (Å²) in [5, 5.41) is 2.89. The summed E-state index contributed by atoms with van der Waals surface area (Å²) in [7, 11) is 0. The monoisotopic (exact) mass is 233 g/mol. The van der Waals surface area contributed by atoms with Gasteiger partial charge in [0, 0.05) is 11.6 Å². The first-order valence-corrected chi connectivity index (χ1v) is 6.29. The quantitative estimate of drug-likeness (QED) is 0.835. The van der Waals surface area contributed by atoms with Crippen LogP contribution in [-0.4, -0.2) is 5.91 Å². The number of hydrogen-bond acceptors (Lipinski definition) is 1. The molecule has 1 aromatic carbocycles. The highest BCUT2D eigenvalue weighted by Crippen LogP contribution is 2.48. The smallest absolute Gasteiger partial charge is 0.227 e. The van der Waals surface area contributed by atoms with Crippen LogP contribution in [0, 0.1) is 23.6 Å². The van der Waals surface area contributed by atoms with Gasteiger partial charge < -0.3 is 5.32 Å². The van der Waals surface area contributed by atoms with Gasteiger partial charge in [0.15, 0.2) is 0 Å². The van der Waals surface area contributed by atoms with E-state index < -0.39 is 0 Å². The number of anilines is 1. The fourth-order valence-electron chi connectivity index (χ4n) is 3.33. The van der Waals surface area contributed by atoms with Crippen LogP contribution in [0.2, 0.25) is 0 Å². The van der Waals surface area contributed by atoms with Crippen LogP contribution in [-0.2, 0) is 4.79 Å². The Bertz CT molecular complexity index is 428. The van der Waals surface area contributed by atoms with Gasteiger partial charge >= 0.3 is 0 Å². The summed E-state index contributed by atoms with van der Waals surface area (Å²) in [6.07, 6.45) is 4.76. The molecule has 0 unspecified atom stereocenters. The largest absolute Gasteiger partial charge is 0.326 e. The third kappa shape index (κ3) is 2.06. The number of rotatable bonds is 2. The van der Waals surface area contributed by atoms with Crippen molar-refractivity contribution in [3.8, 4) is 0 Å². The van der Waals surface area contributed by atoms with E-state index in [-0.39, 0.29) is 17.6 Å². The molecule has 90 valence electrons. The molecule has 1 amide bonds. The topological polar surface area (TPSA) is 29.1 Å². The Morgan fingerprint density at radius 2 is 1.94 bits per heavy atom. The molecular weight excluding hydrogens is 217 g/mol. The SMILES string of the molecule is O=C(Nc1ccc(F)cc1)[C@@H]1C[C@@H]2CC[C@@H]1C2. The molecule has 0 aliphatic heterocycles. The Hall–Kier alpha value is -1.38. The van der Waals surface area contributed by atoms with Gasteiger partial charge in [0.1, 0.15) is 5.82 Å². The molecule has 0 saturated heterocycles. The minimum absolute atomic E-state index is 0.115. The third-order valence-electron chi connectivity index (χ3n) is 4.19. The molecule has 3 atom stereocenters. The summed E-state index contributed by atoms with van der Waals surface area (Å²) in [4.78, 5) is 12.1. The zero-order valence-corrected chi connectivity index (χ0v) is 9.66. The predicted molar refractivity (Wildman–Crippen MR) is 64.0 cm³/mol. The van der Waals surface area contributed by atoms with Gasteiger partial charge in [0.25, 0.3) is 0 Å². The van der Waals surface area contributed by atoms with E-state index >= 15 is 0 Å². The number of carbonyl (C=O) groups excluding carboxylic acids is 1. The summed E-state index contributed by atoms with van der Waals surface area (Å²) in [5.74, 6) is 1.37. The Morgan fingerprint density at radius 1 is 1.18 bits per heavy atom. The molecule has 0 spiro atoms. The highest BCUT2D eigenvalue weighted by atomic mass is 19.1. The zero-order chi connectivity index (χ0) is 11.8. The average molecular weight is 233 g/mol. The van der Waals surface area contributed by atoms with Gasteiger partial charge in [-0.15, -0.1) is 0 Å². The molecule has 2 saturated carbocycles. The van der Waals surface area contributed by atoms with Gasteiger partial charge in [0.05, 0.1) is 0 Å². The van der Waals surface area contributed by atoms with Crippen LogP contribution in [0.5, 0.6) is 0 Å². The molecule has 1 N–H and O–H groups in total. The molecule has 0 heterocycles. The Balaban J connectivity index is 1.65. The summed E-state index contributed by atoms with van der Waals surface area (Å²) in [6.45, 7) is 0. The van der Waals surface area contributed by atoms with Crippen LogP contribution in [0.4, 0.5) is 10.1 Å². The van der Waals surface area contributed by atoms with E-state index in [9.17, 15) is 9.18 Å². The van der Waals surface area contributed by atoms with Crippen LogP contribution >= 0.6 is 0 Å². The van der Waals surface area contributed by atoms with Gasteiger partial charge in [-0.2, -0.15) is 0 Å². The molecule has 2 aliphatic carbocycles. The van der Waals surface area contributed by atoms with Crippen molar-refractivity contribution in [3.63, 3.8) is 0 Å². The number of carbonyl (C=O) groups is 1. The lowest BCUT2D eigenvalue weighted by Gasteiger charge is -2.20. The first-order chi connectivity index (χ1) is 8.22. The van der Waals surface area contributed by atoms with Crippen molar-refractivity contribution >= 4 is 11.6 Å². The van der Waals surface area contributed by atoms with Crippen molar-refractivity contribution in [1.82, 2.24) is 0 Å². The minimum atomic E-state index is -0.275. The summed E-state index contributed by atoms with van der Waals surface area (Å²) < 4.78 is 12.7. The number of benzene rings is 1. The maximum Gasteiger partial charge on any atom is 0.227 e. The van der Waals surface area contributed by atoms with Crippen molar-refractivity contribution in [2.45, 2.75) is 25.7 Å². The molecule has 17 heavy (non-hydrogen) atoms. The van der Waals surface area contributed by atoms with Crippen LogP contribution in [0.25, 0.3) is 0 Å². The highest BCUT2D eigenvalue weighted by molar-refractivity contribution is 5.93. The first kappa shape index (κ1) is 10.8. The predicted octanol–water partition coefficient (Wildman–Crippen LogP) is 3.20. The van der Waals surface area contributed by atoms with Crippen molar-refractivity contribution in [2.24, 2.45) is 17.8 Å². The van der Waals surface area contributed by atoms with Crippen molar-refractivity contribution in [2.75, 3.05) is 5.32 Å². The van der Waals surface area contributed by atoms with Crippen LogP contribution in [0.1, 0.15) is 25.7 Å². The average Bonchev–Trinajstić information content (AvgIpc) is 2.94. The molecule has 3 rings (SSSR count). The molecule has 2 bridgehead atoms. The van der Waals surface area contributed by atoms with Crippen LogP contribution in [0.15, 0.2) is 24.3 Å². The number of amides is 1. The van der Waals surface area contributed by atoms with E-state index in [1.54, 1.807) is 12.1 Å². The lowest BCUT2D eigenvalue weighted by atomic mass is 9.88. The first-order valence-electron chi connectivity index (χ1n) is 6.29. The molecule has 2 aliphatic rings. The second-order valence-electron chi connectivity index (χ2n) is 5.28. The lowest BCUT2D eigenvalue weighted by molar-refractivity contribution is -0.121. The second-order valence-corrected chi connectivity index (χ2v) is 5.28. The summed E-state index contributed by atoms with van der Waals surface area (Å²) >= 11 is 0. The Labute approximate surface area is 100 Å². The number of nitrogens with one attached hydrogen (secondary N) is 1. The maximum absolute atomic E-state index is 12.7. The Kier molecular flexibility index (Phi) is 2.61. The second kappa shape index (κ2) is 4.13. The molecule has 0 aromatic heterocycles. The molecular formula is C14H16FNO. The van der Waals surface area contributed by atoms with E-state index in [1.165, 1.54) is 31.4 Å². The lowest BCUT2D eigenvalue weighted by Crippen LogP contribution is -2.27. The summed E-state index contributed by atoms with van der Waals surface area (Å²) in [5.41, 5.74) is 0.694. The fourth-order valence-corrected chi connectivity index (χ4v) is 3.33. The van der Waals surface area contributed by atoms with E-state index in [0.717, 1.165) is 12.3 Å². The van der Waals surface area contributed by atoms with Crippen molar-refractivity contribution < 1.29 is 9.18 Å². The van der Waals surface area contributed by atoms with Gasteiger partial charge in [-0.3, -0.25) is 4.79 Å². The van der Waals surface area contributed by atoms with Crippen LogP contribution < -0.4 is 5.32 Å². The van der Waals surface area contributed by atoms with Gasteiger partial charge in [-0.1, -0.05) is 6.42 Å². The maximum atomic E-state index is 12.7. The van der Waals surface area contributed by atoms with Gasteiger partial charge in [-0.05, 0) is 55.4 Å². The molecule has 3 heteroatoms. The van der Waals surface area contributed by atoms with E-state index in [4.69, 9.17) is 0 Å². The number of hydrogen-bond donors (Lipinski definition) is 1. The molecule has 2 fully saturated rings. The molecule has 2 nitrogen and oxygen atoms in total. The molecule has 1 aromatic rings. The van der Waals surface area contributed by atoms with Crippen molar-refractivity contribution in [1.29, 1.82) is 0 Å². The zero-order valence-electron chi connectivity index (χ0n) is 9.66. The fraction of sp³-hybridized carbons (Fsp3) is 0.500. The number of fused-ring (bicyclic) bond motifs is 2. The summed E-state index contributed by atoms with van der Waals surface area (Å²) in [6, 6.07) is 5.97. The van der Waals surface area contributed by atoms with Crippen LogP contribution in [0.3, 0.4) is 0 Å². The van der Waals surface area contributed by atoms with Gasteiger partial charge in [0.2, 0.25) is 5.91 Å². The third-order valence-corrected chi connectivity index (χ3v) is 4.19.